The highest BCUT2D eigenvalue weighted by Crippen LogP contribution is 2.43. The van der Waals surface area contributed by atoms with Crippen molar-refractivity contribution >= 4 is 11.9 Å². The Kier molecular flexibility index (Phi) is 7.64. The largest absolute Gasteiger partial charge is 0.433 e. The lowest BCUT2D eigenvalue weighted by atomic mass is 9.67. The van der Waals surface area contributed by atoms with Crippen molar-refractivity contribution in [1.82, 2.24) is 20.6 Å². The maximum atomic E-state index is 12.6. The third-order valence-corrected chi connectivity index (χ3v) is 4.75. The fourth-order valence-corrected chi connectivity index (χ4v) is 2.96. The van der Waals surface area contributed by atoms with Gasteiger partial charge in [0.2, 0.25) is 5.95 Å². The molecule has 0 amide bonds. The van der Waals surface area contributed by atoms with Gasteiger partial charge in [0.15, 0.2) is 5.96 Å². The summed E-state index contributed by atoms with van der Waals surface area (Å²) in [6.45, 7) is 2.38. The Labute approximate surface area is 157 Å². The predicted molar refractivity (Wildman–Crippen MR) is 97.7 cm³/mol. The van der Waals surface area contributed by atoms with Crippen LogP contribution in [0.25, 0.3) is 0 Å². The Morgan fingerprint density at radius 3 is 2.67 bits per heavy atom. The lowest BCUT2D eigenvalue weighted by Crippen LogP contribution is -2.47. The number of guanidine groups is 1. The van der Waals surface area contributed by atoms with Gasteiger partial charge in [0, 0.05) is 46.6 Å². The second kappa shape index (κ2) is 9.72. The second-order valence-corrected chi connectivity index (χ2v) is 6.64. The van der Waals surface area contributed by atoms with Gasteiger partial charge in [-0.15, -0.1) is 0 Å². The van der Waals surface area contributed by atoms with E-state index in [-0.39, 0.29) is 11.4 Å². The Balaban J connectivity index is 1.72. The van der Waals surface area contributed by atoms with Crippen molar-refractivity contribution in [2.24, 2.45) is 10.4 Å². The molecule has 0 bridgehead atoms. The summed E-state index contributed by atoms with van der Waals surface area (Å²) in [6.07, 6.45) is 1.21. The standard InChI is InChI=1S/C17H27F3N6O/c1-21-14(25-12-16(5-3-6-16)7-11-27-2)23-9-10-24-15-22-8-4-13(26-15)17(18,19)20/h4,8H,3,5-7,9-12H2,1-2H3,(H2,21,23,25)(H,22,24,26). The Bertz CT molecular complexity index is 619. The molecule has 0 aliphatic heterocycles. The summed E-state index contributed by atoms with van der Waals surface area (Å²) < 4.78 is 43.1. The quantitative estimate of drug-likeness (QED) is 0.342. The van der Waals surface area contributed by atoms with Gasteiger partial charge in [-0.2, -0.15) is 13.2 Å². The van der Waals surface area contributed by atoms with E-state index in [1.807, 2.05) is 0 Å². The minimum atomic E-state index is -4.48. The first-order chi connectivity index (χ1) is 12.9. The number of nitrogens with zero attached hydrogens (tertiary/aromatic N) is 3. The SMILES string of the molecule is CN=C(NCCNc1nccc(C(F)(F)F)n1)NCC1(CCOC)CCC1. The van der Waals surface area contributed by atoms with Gasteiger partial charge in [-0.1, -0.05) is 6.42 Å². The van der Waals surface area contributed by atoms with Gasteiger partial charge < -0.3 is 20.7 Å². The highest BCUT2D eigenvalue weighted by Gasteiger charge is 2.36. The number of aliphatic imine (C=N–C) groups is 1. The molecular weight excluding hydrogens is 361 g/mol. The zero-order valence-electron chi connectivity index (χ0n) is 15.7. The maximum absolute atomic E-state index is 12.6. The molecule has 1 aromatic rings. The van der Waals surface area contributed by atoms with E-state index in [1.54, 1.807) is 14.2 Å². The highest BCUT2D eigenvalue weighted by molar-refractivity contribution is 5.79. The molecule has 1 heterocycles. The minimum Gasteiger partial charge on any atom is -0.385 e. The third-order valence-electron chi connectivity index (χ3n) is 4.75. The van der Waals surface area contributed by atoms with E-state index < -0.39 is 11.9 Å². The predicted octanol–water partition coefficient (Wildman–Crippen LogP) is 2.28. The number of methoxy groups -OCH3 is 1. The van der Waals surface area contributed by atoms with Crippen LogP contribution in [0.3, 0.4) is 0 Å². The van der Waals surface area contributed by atoms with Crippen LogP contribution in [-0.4, -0.2) is 56.3 Å². The molecule has 0 spiro atoms. The number of halogens is 3. The zero-order valence-corrected chi connectivity index (χ0v) is 15.7. The third kappa shape index (κ3) is 6.53. The van der Waals surface area contributed by atoms with E-state index in [0.717, 1.165) is 31.8 Å². The van der Waals surface area contributed by atoms with Crippen LogP contribution in [0, 0.1) is 5.41 Å². The Hall–Kier alpha value is -2.10. The van der Waals surface area contributed by atoms with Crippen LogP contribution in [0.5, 0.6) is 0 Å². The molecule has 3 N–H and O–H groups in total. The van der Waals surface area contributed by atoms with E-state index in [4.69, 9.17) is 4.74 Å². The molecule has 0 radical (unpaired) electrons. The Morgan fingerprint density at radius 2 is 2.07 bits per heavy atom. The van der Waals surface area contributed by atoms with Gasteiger partial charge in [-0.25, -0.2) is 9.97 Å². The summed E-state index contributed by atoms with van der Waals surface area (Å²) in [4.78, 5) is 11.4. The molecule has 152 valence electrons. The molecule has 27 heavy (non-hydrogen) atoms. The molecule has 2 rings (SSSR count). The fraction of sp³-hybridized carbons (Fsp3) is 0.706. The molecule has 7 nitrogen and oxygen atoms in total. The van der Waals surface area contributed by atoms with E-state index in [0.29, 0.717) is 19.0 Å². The van der Waals surface area contributed by atoms with Crippen LogP contribution >= 0.6 is 0 Å². The average Bonchev–Trinajstić information content (AvgIpc) is 2.61. The second-order valence-electron chi connectivity index (χ2n) is 6.64. The number of aromatic nitrogens is 2. The molecule has 10 heteroatoms. The van der Waals surface area contributed by atoms with Crippen LogP contribution in [0.1, 0.15) is 31.4 Å². The molecule has 1 aliphatic rings. The minimum absolute atomic E-state index is 0.0532. The molecule has 1 aliphatic carbocycles. The van der Waals surface area contributed by atoms with Crippen molar-refractivity contribution in [1.29, 1.82) is 0 Å². The van der Waals surface area contributed by atoms with Crippen molar-refractivity contribution in [2.75, 3.05) is 45.7 Å². The van der Waals surface area contributed by atoms with Crippen LogP contribution in [0.4, 0.5) is 19.1 Å². The summed E-state index contributed by atoms with van der Waals surface area (Å²) in [7, 11) is 3.39. The van der Waals surface area contributed by atoms with Gasteiger partial charge in [0.1, 0.15) is 5.69 Å². The fourth-order valence-electron chi connectivity index (χ4n) is 2.96. The summed E-state index contributed by atoms with van der Waals surface area (Å²) in [5, 5.41) is 9.23. The van der Waals surface area contributed by atoms with E-state index in [2.05, 4.69) is 30.9 Å². The van der Waals surface area contributed by atoms with Crippen molar-refractivity contribution < 1.29 is 17.9 Å². The number of hydrogen-bond donors (Lipinski definition) is 3. The molecule has 0 atom stereocenters. The number of anilines is 1. The first kappa shape index (κ1) is 21.2. The van der Waals surface area contributed by atoms with Gasteiger partial charge in [0.05, 0.1) is 0 Å². The average molecular weight is 388 g/mol. The van der Waals surface area contributed by atoms with Crippen molar-refractivity contribution in [3.63, 3.8) is 0 Å². The maximum Gasteiger partial charge on any atom is 0.433 e. The monoisotopic (exact) mass is 388 g/mol. The molecular formula is C17H27F3N6O. The van der Waals surface area contributed by atoms with E-state index >= 15 is 0 Å². The van der Waals surface area contributed by atoms with Gasteiger partial charge in [0.25, 0.3) is 0 Å². The molecule has 0 aromatic carbocycles. The van der Waals surface area contributed by atoms with Gasteiger partial charge in [-0.3, -0.25) is 4.99 Å². The Morgan fingerprint density at radius 1 is 1.30 bits per heavy atom. The lowest BCUT2D eigenvalue weighted by Gasteiger charge is -2.42. The first-order valence-corrected chi connectivity index (χ1v) is 8.96. The van der Waals surface area contributed by atoms with Crippen LogP contribution in [-0.2, 0) is 10.9 Å². The summed E-state index contributed by atoms with van der Waals surface area (Å²) >= 11 is 0. The van der Waals surface area contributed by atoms with Crippen molar-refractivity contribution in [2.45, 2.75) is 31.9 Å². The van der Waals surface area contributed by atoms with Gasteiger partial charge in [-0.05, 0) is 30.7 Å². The summed E-state index contributed by atoms with van der Waals surface area (Å²) in [5.74, 6) is 0.605. The van der Waals surface area contributed by atoms with Crippen LogP contribution in [0.2, 0.25) is 0 Å². The number of ether oxygens (including phenoxy) is 1. The first-order valence-electron chi connectivity index (χ1n) is 8.96. The zero-order chi connectivity index (χ0) is 19.8. The van der Waals surface area contributed by atoms with E-state index in [1.165, 1.54) is 19.3 Å². The summed E-state index contributed by atoms with van der Waals surface area (Å²) in [6, 6.07) is 0.842. The lowest BCUT2D eigenvalue weighted by molar-refractivity contribution is -0.141. The van der Waals surface area contributed by atoms with E-state index in [9.17, 15) is 13.2 Å². The number of rotatable bonds is 9. The molecule has 0 saturated heterocycles. The van der Waals surface area contributed by atoms with Gasteiger partial charge >= 0.3 is 6.18 Å². The van der Waals surface area contributed by atoms with Crippen LogP contribution < -0.4 is 16.0 Å². The molecule has 1 aromatic heterocycles. The number of nitrogens with one attached hydrogen (secondary N) is 3. The highest BCUT2D eigenvalue weighted by atomic mass is 19.4. The number of alkyl halides is 3. The normalized spacial score (nSPS) is 16.6. The van der Waals surface area contributed by atoms with Crippen molar-refractivity contribution in [3.8, 4) is 0 Å². The molecule has 1 fully saturated rings. The van der Waals surface area contributed by atoms with Crippen LogP contribution in [0.15, 0.2) is 17.3 Å². The number of hydrogen-bond acceptors (Lipinski definition) is 5. The molecule has 0 unspecified atom stereocenters. The topological polar surface area (TPSA) is 83.5 Å². The molecule has 1 saturated carbocycles. The summed E-state index contributed by atoms with van der Waals surface area (Å²) in [5.41, 5.74) is -0.704. The smallest absolute Gasteiger partial charge is 0.385 e. The van der Waals surface area contributed by atoms with Crippen molar-refractivity contribution in [3.05, 3.63) is 18.0 Å².